The first-order valence-corrected chi connectivity index (χ1v) is 47.8. The van der Waals surface area contributed by atoms with Gasteiger partial charge in [-0.1, -0.05) is 0 Å². The van der Waals surface area contributed by atoms with Gasteiger partial charge in [-0.3, -0.25) is 101 Å². The predicted octanol–water partition coefficient (Wildman–Crippen LogP) is -13.4. The van der Waals surface area contributed by atoms with Gasteiger partial charge in [0.15, 0.2) is 0 Å². The quantitative estimate of drug-likeness (QED) is 0.0297. The number of thioether (sulfide) groups is 1. The molecular formula is C84H123N21O29S. The van der Waals surface area contributed by atoms with Crippen molar-refractivity contribution in [3.05, 3.63) is 0 Å². The summed E-state index contributed by atoms with van der Waals surface area (Å²) in [5.74, 6) is -15.7. The zero-order valence-electron chi connectivity index (χ0n) is 75.0. The van der Waals surface area contributed by atoms with E-state index >= 15 is 0 Å². The van der Waals surface area contributed by atoms with Crippen LogP contribution in [-0.2, 0) is 101 Å². The van der Waals surface area contributed by atoms with Crippen molar-refractivity contribution in [3.8, 4) is 0 Å². The molecule has 13 aliphatic heterocycles. The number of aliphatic hydroxyl groups is 7. The van der Waals surface area contributed by atoms with Gasteiger partial charge < -0.3 is 148 Å². The average Bonchev–Trinajstić information content (AvgIpc) is 1.66. The van der Waals surface area contributed by atoms with Crippen LogP contribution < -0.4 is 47.9 Å². The van der Waals surface area contributed by atoms with E-state index in [1.54, 1.807) is 6.26 Å². The monoisotopic (exact) mass is 1920 g/mol. The number of hydrogen-bond donors (Lipinski definition) is 17. The summed E-state index contributed by atoms with van der Waals surface area (Å²) in [6.07, 6.45) is -4.11. The van der Waals surface area contributed by atoms with E-state index in [1.807, 2.05) is 0 Å². The largest absolute Gasteiger partial charge is 0.480 e. The Balaban J connectivity index is 0.539. The molecule has 744 valence electrons. The Labute approximate surface area is 779 Å². The Kier molecular flexibility index (Phi) is 33.6. The Bertz CT molecular complexity index is 4570. The molecule has 50 nitrogen and oxygen atoms in total. The lowest BCUT2D eigenvalue weighted by atomic mass is 10.1. The summed E-state index contributed by atoms with van der Waals surface area (Å²) >= 11 is 1.31. The first-order chi connectivity index (χ1) is 64.4. The molecule has 13 heterocycles. The third kappa shape index (κ3) is 23.4. The highest BCUT2D eigenvalue weighted by molar-refractivity contribution is 7.98. The summed E-state index contributed by atoms with van der Waals surface area (Å²) in [4.78, 5) is 303. The Hall–Kier alpha value is -11.1. The standard InChI is InChI=1S/C84H123N21O29S/c1-135-21-14-51(79(129)100-37-44(107)23-58(100)73(123)88-31-66(115)96-18-5-11-54(96)82(132)103-40-47(110)26-61(103)76(126)91-34-69(118)98-20-7-13-56(98)84(134)105-42-49(112)28-63(105)77(127)92-35-70(119)120)93-64(113)29-86-71(121)59-24-45(108)38-101(59)80(130)52-9-3-16-94(52)67(116)32-89-74(124)62-27-48(111)41-104(62)83(133)55-12-6-19-97(55)68(117)33-90-75(125)60-25-46(109)39-102(60)81(131)53-10-4-17-95(53)65(114)30-87-72(122)57-22-43(106)36-99(57)78(128)50-8-2-15-85-50/h43-63,85,106-112H,2-42H2,1H3,(H,86,121)(H,87,122)(H,88,123)(H,89,124)(H,90,125)(H,91,126)(H,92,127)(H,93,113)(H,119,120)/t43-,44-,45-,46-,47-,48-,49-,50+,51+,52+,53+,54+,55+,56+,57+,58+,59+,60+,61+,62+,63+/m1/s1. The molecule has 13 fully saturated rings. The second-order valence-electron chi connectivity index (χ2n) is 37.0. The minimum atomic E-state index is -1.38. The molecule has 0 spiro atoms. The molecule has 20 amide bonds. The van der Waals surface area contributed by atoms with Crippen LogP contribution >= 0.6 is 11.8 Å². The lowest BCUT2D eigenvalue weighted by molar-refractivity contribution is -0.148. The molecule has 0 aromatic carbocycles. The van der Waals surface area contributed by atoms with Crippen LogP contribution in [0.25, 0.3) is 0 Å². The van der Waals surface area contributed by atoms with Crippen molar-refractivity contribution in [2.75, 3.05) is 143 Å². The number of carboxylic acid groups (broad SMARTS) is 1. The van der Waals surface area contributed by atoms with Crippen LogP contribution in [-0.4, -0.2) is 494 Å². The maximum absolute atomic E-state index is 14.5. The molecule has 0 bridgehead atoms. The van der Waals surface area contributed by atoms with E-state index in [4.69, 9.17) is 5.11 Å². The highest BCUT2D eigenvalue weighted by atomic mass is 32.2. The summed E-state index contributed by atoms with van der Waals surface area (Å²) in [6.45, 7) is -5.72. The van der Waals surface area contributed by atoms with Gasteiger partial charge in [-0.25, -0.2) is 0 Å². The number of nitrogens with one attached hydrogen (secondary N) is 9. The third-order valence-electron chi connectivity index (χ3n) is 27.9. The molecule has 51 heteroatoms. The van der Waals surface area contributed by atoms with Gasteiger partial charge in [0, 0.05) is 123 Å². The van der Waals surface area contributed by atoms with Crippen LogP contribution in [0.2, 0.25) is 0 Å². The van der Waals surface area contributed by atoms with Crippen LogP contribution in [0.1, 0.15) is 128 Å². The van der Waals surface area contributed by atoms with E-state index < -0.39 is 291 Å². The number of carbonyl (C=O) groups excluding carboxylic acids is 20. The fourth-order valence-electron chi connectivity index (χ4n) is 21.2. The minimum Gasteiger partial charge on any atom is -0.480 e. The number of carboxylic acids is 1. The van der Waals surface area contributed by atoms with Crippen LogP contribution in [0.4, 0.5) is 0 Å². The fourth-order valence-corrected chi connectivity index (χ4v) is 21.7. The summed E-state index contributed by atoms with van der Waals surface area (Å²) in [6, 6.07) is -16.5. The molecule has 13 aliphatic rings. The predicted molar refractivity (Wildman–Crippen MR) is 461 cm³/mol. The van der Waals surface area contributed by atoms with Gasteiger partial charge in [-0.2, -0.15) is 11.8 Å². The number of amides is 20. The van der Waals surface area contributed by atoms with Crippen molar-refractivity contribution in [2.45, 2.75) is 256 Å². The van der Waals surface area contributed by atoms with Gasteiger partial charge in [0.2, 0.25) is 118 Å². The number of likely N-dealkylation sites (tertiary alicyclic amines) is 12. The zero-order valence-corrected chi connectivity index (χ0v) is 75.9. The molecule has 21 atom stereocenters. The zero-order chi connectivity index (χ0) is 97.2. The van der Waals surface area contributed by atoms with Crippen molar-refractivity contribution < 1.29 is 142 Å². The first kappa shape index (κ1) is 101. The van der Waals surface area contributed by atoms with Crippen LogP contribution in [0.3, 0.4) is 0 Å². The Morgan fingerprint density at radius 3 is 0.778 bits per heavy atom. The van der Waals surface area contributed by atoms with E-state index in [0.29, 0.717) is 45.1 Å². The number of nitrogens with zero attached hydrogens (tertiary/aromatic N) is 12. The number of rotatable bonds is 32. The first-order valence-electron chi connectivity index (χ1n) is 46.4. The van der Waals surface area contributed by atoms with Crippen LogP contribution in [0.15, 0.2) is 0 Å². The summed E-state index contributed by atoms with van der Waals surface area (Å²) < 4.78 is 0. The molecule has 0 aromatic heterocycles. The second-order valence-corrected chi connectivity index (χ2v) is 38.0. The number of carbonyl (C=O) groups is 21. The maximum atomic E-state index is 14.5. The average molecular weight is 1920 g/mol. The molecular weight excluding hydrogens is 1800 g/mol. The topological polar surface area (TPSA) is 667 Å². The van der Waals surface area contributed by atoms with Gasteiger partial charge in [-0.15, -0.1) is 0 Å². The second kappa shape index (κ2) is 44.8. The maximum Gasteiger partial charge on any atom is 0.322 e. The van der Waals surface area contributed by atoms with Gasteiger partial charge in [0.05, 0.1) is 88.0 Å². The number of hydrogen-bond acceptors (Lipinski definition) is 30. The van der Waals surface area contributed by atoms with E-state index in [1.165, 1.54) is 41.2 Å². The number of aliphatic carboxylic acids is 1. The van der Waals surface area contributed by atoms with E-state index in [-0.39, 0.29) is 174 Å². The number of aliphatic hydroxyl groups excluding tert-OH is 7. The number of β-amino-alcohol motifs (C(OH)–C–C–N with tert-alkyl or cyclic N) is 7. The molecule has 0 unspecified atom stereocenters. The molecule has 0 aliphatic carbocycles. The highest BCUT2D eigenvalue weighted by Gasteiger charge is 2.54. The van der Waals surface area contributed by atoms with Gasteiger partial charge in [0.25, 0.3) is 0 Å². The van der Waals surface area contributed by atoms with Crippen molar-refractivity contribution in [2.24, 2.45) is 0 Å². The molecule has 17 N–H and O–H groups in total. The normalized spacial score (nSPS) is 30.1. The molecule has 13 rings (SSSR count). The van der Waals surface area contributed by atoms with Crippen LogP contribution in [0.5, 0.6) is 0 Å². The molecule has 135 heavy (non-hydrogen) atoms. The molecule has 0 radical (unpaired) electrons. The lowest BCUT2D eigenvalue weighted by Crippen LogP contribution is -2.57. The van der Waals surface area contributed by atoms with Gasteiger partial charge in [-0.05, 0) is 102 Å². The summed E-state index contributed by atoms with van der Waals surface area (Å²) in [5.41, 5.74) is 0. The van der Waals surface area contributed by atoms with Crippen molar-refractivity contribution in [3.63, 3.8) is 0 Å². The molecule has 13 saturated heterocycles. The van der Waals surface area contributed by atoms with E-state index in [2.05, 4.69) is 47.9 Å². The molecule has 0 saturated carbocycles. The lowest BCUT2D eigenvalue weighted by Gasteiger charge is -2.32. The Morgan fingerprint density at radius 2 is 0.533 bits per heavy atom. The van der Waals surface area contributed by atoms with Crippen molar-refractivity contribution in [1.29, 1.82) is 0 Å². The summed E-state index contributed by atoms with van der Waals surface area (Å²) in [5, 5.41) is 107. The fraction of sp³-hybridized carbons (Fsp3) is 0.750. The van der Waals surface area contributed by atoms with Gasteiger partial charge in [0.1, 0.15) is 85.1 Å². The smallest absolute Gasteiger partial charge is 0.322 e. The van der Waals surface area contributed by atoms with Gasteiger partial charge >= 0.3 is 5.97 Å². The van der Waals surface area contributed by atoms with Crippen LogP contribution in [0, 0.1) is 0 Å². The highest BCUT2D eigenvalue weighted by Crippen LogP contribution is 2.34. The molecule has 0 aromatic rings. The Morgan fingerprint density at radius 1 is 0.296 bits per heavy atom. The SMILES string of the molecule is CSCC[C@H](NC(=O)CNC(=O)[C@@H]1C[C@@H](O)CN1C(=O)[C@@H]1CCCN1C(=O)CNC(=O)[C@@H]1C[C@@H](O)CN1C(=O)[C@@H]1CCCN1C(=O)CNC(=O)[C@@H]1C[C@@H](O)CN1C(=O)[C@@H]1CCCN1C(=O)CNC(=O)[C@@H]1C[C@@H](O)CN1C(=O)[C@@H]1CCCN1)C(=O)N1C[C@H](O)C[C@H]1C(=O)NCC(=O)N1CCC[C@H]1C(=O)N1C[C@H](O)C[C@H]1C(=O)NCC(=O)N1CCC[C@H]1C(=O)N1C[C@H](O)C[C@H]1C(=O)NCC(=O)O. The van der Waals surface area contributed by atoms with E-state index in [0.717, 1.165) is 35.8 Å². The minimum absolute atomic E-state index is 0.0164. The van der Waals surface area contributed by atoms with Crippen molar-refractivity contribution in [1.82, 2.24) is 107 Å². The van der Waals surface area contributed by atoms with Crippen molar-refractivity contribution >= 4 is 136 Å². The summed E-state index contributed by atoms with van der Waals surface area (Å²) in [7, 11) is 0. The van der Waals surface area contributed by atoms with E-state index in [9.17, 15) is 136 Å². The third-order valence-corrected chi connectivity index (χ3v) is 28.5.